The Bertz CT molecular complexity index is 1380. The van der Waals surface area contributed by atoms with Crippen LogP contribution in [0.3, 0.4) is 0 Å². The Hall–Kier alpha value is -3.72. The maximum atomic E-state index is 12.5. The van der Waals surface area contributed by atoms with Crippen LogP contribution < -0.4 is 19.7 Å². The quantitative estimate of drug-likeness (QED) is 0.412. The van der Waals surface area contributed by atoms with Gasteiger partial charge in [-0.1, -0.05) is 25.1 Å². The second kappa shape index (κ2) is 12.0. The number of aromatic nitrogens is 2. The molecule has 11 heteroatoms. The topological polar surface area (TPSA) is 129 Å². The summed E-state index contributed by atoms with van der Waals surface area (Å²) < 4.78 is 38.8. The van der Waals surface area contributed by atoms with Crippen molar-refractivity contribution in [3.05, 3.63) is 65.6 Å². The summed E-state index contributed by atoms with van der Waals surface area (Å²) in [5.74, 6) is 1.46. The fraction of sp³-hybridized carbons (Fsp3) is 0.346. The van der Waals surface area contributed by atoms with Crippen molar-refractivity contribution in [3.8, 4) is 11.8 Å². The van der Waals surface area contributed by atoms with E-state index in [0.29, 0.717) is 37.8 Å². The predicted octanol–water partition coefficient (Wildman–Crippen LogP) is 3.22. The van der Waals surface area contributed by atoms with Crippen LogP contribution in [0.2, 0.25) is 0 Å². The largest absolute Gasteiger partial charge is 0.493 e. The van der Waals surface area contributed by atoms with Gasteiger partial charge in [-0.15, -0.1) is 0 Å². The second-order valence-electron chi connectivity index (χ2n) is 8.41. The van der Waals surface area contributed by atoms with Gasteiger partial charge in [-0.2, -0.15) is 5.26 Å². The molecule has 37 heavy (non-hydrogen) atoms. The van der Waals surface area contributed by atoms with E-state index in [9.17, 15) is 13.7 Å². The van der Waals surface area contributed by atoms with Crippen LogP contribution in [0.5, 0.6) is 5.75 Å². The third-order valence-electron chi connectivity index (χ3n) is 5.89. The van der Waals surface area contributed by atoms with Gasteiger partial charge >= 0.3 is 0 Å². The second-order valence-corrected chi connectivity index (χ2v) is 10.3. The van der Waals surface area contributed by atoms with Gasteiger partial charge in [0.15, 0.2) is 5.82 Å². The van der Waals surface area contributed by atoms with Crippen LogP contribution in [0.15, 0.2) is 53.6 Å². The van der Waals surface area contributed by atoms with Crippen molar-refractivity contribution in [2.45, 2.75) is 24.7 Å². The Kier molecular flexibility index (Phi) is 8.55. The van der Waals surface area contributed by atoms with E-state index in [-0.39, 0.29) is 16.3 Å². The van der Waals surface area contributed by atoms with Gasteiger partial charge < -0.3 is 19.7 Å². The van der Waals surface area contributed by atoms with Gasteiger partial charge in [0.05, 0.1) is 31.7 Å². The lowest BCUT2D eigenvalue weighted by Gasteiger charge is -2.29. The molecule has 0 spiro atoms. The van der Waals surface area contributed by atoms with Crippen molar-refractivity contribution < 1.29 is 17.9 Å². The van der Waals surface area contributed by atoms with Crippen LogP contribution in [-0.2, 0) is 21.2 Å². The zero-order valence-corrected chi connectivity index (χ0v) is 21.7. The maximum absolute atomic E-state index is 12.5. The third kappa shape index (κ3) is 6.35. The summed E-state index contributed by atoms with van der Waals surface area (Å²) in [5, 5.41) is 12.6. The first kappa shape index (κ1) is 26.3. The molecule has 1 aliphatic rings. The number of nitrogens with one attached hydrogen (secondary N) is 2. The van der Waals surface area contributed by atoms with Gasteiger partial charge in [0.2, 0.25) is 10.0 Å². The summed E-state index contributed by atoms with van der Waals surface area (Å²) in [5.41, 5.74) is 2.49. The normalized spacial score (nSPS) is 13.7. The minimum atomic E-state index is -3.72. The molecule has 4 rings (SSSR count). The number of anilines is 3. The van der Waals surface area contributed by atoms with E-state index in [4.69, 9.17) is 9.47 Å². The summed E-state index contributed by atoms with van der Waals surface area (Å²) in [6, 6.07) is 14.6. The fourth-order valence-electron chi connectivity index (χ4n) is 3.95. The van der Waals surface area contributed by atoms with E-state index >= 15 is 0 Å². The molecule has 2 aromatic carbocycles. The first-order valence-corrected chi connectivity index (χ1v) is 13.6. The number of hydrogen-bond acceptors (Lipinski definition) is 9. The highest BCUT2D eigenvalue weighted by Crippen LogP contribution is 2.29. The predicted molar refractivity (Wildman–Crippen MR) is 141 cm³/mol. The smallest absolute Gasteiger partial charge is 0.242 e. The number of rotatable bonds is 10. The number of nitriles is 1. The van der Waals surface area contributed by atoms with Gasteiger partial charge in [-0.3, -0.25) is 0 Å². The van der Waals surface area contributed by atoms with E-state index in [2.05, 4.69) is 44.0 Å². The van der Waals surface area contributed by atoms with Gasteiger partial charge in [-0.05, 0) is 31.7 Å². The number of nitrogens with zero attached hydrogens (tertiary/aromatic N) is 4. The Labute approximate surface area is 217 Å². The minimum absolute atomic E-state index is 0.0514. The molecule has 0 saturated carbocycles. The lowest BCUT2D eigenvalue weighted by Crippen LogP contribution is -2.36. The monoisotopic (exact) mass is 522 g/mol. The van der Waals surface area contributed by atoms with E-state index in [1.807, 2.05) is 12.1 Å². The summed E-state index contributed by atoms with van der Waals surface area (Å²) in [7, 11) is -2.38. The molecule has 1 aromatic heterocycles. The number of sulfonamides is 1. The molecule has 0 unspecified atom stereocenters. The van der Waals surface area contributed by atoms with E-state index in [1.165, 1.54) is 19.3 Å². The Morgan fingerprint density at radius 2 is 1.97 bits per heavy atom. The van der Waals surface area contributed by atoms with Crippen LogP contribution in [0.4, 0.5) is 17.2 Å². The van der Waals surface area contributed by atoms with Crippen molar-refractivity contribution >= 4 is 27.2 Å². The minimum Gasteiger partial charge on any atom is -0.493 e. The van der Waals surface area contributed by atoms with Gasteiger partial charge in [0.25, 0.3) is 0 Å². The lowest BCUT2D eigenvalue weighted by molar-refractivity contribution is 0.122. The maximum Gasteiger partial charge on any atom is 0.242 e. The molecule has 0 bridgehead atoms. The molecule has 0 atom stereocenters. The summed E-state index contributed by atoms with van der Waals surface area (Å²) >= 11 is 0. The molecule has 0 aliphatic carbocycles. The number of benzene rings is 2. The van der Waals surface area contributed by atoms with Crippen molar-refractivity contribution in [3.63, 3.8) is 0 Å². The number of morpholine rings is 1. The summed E-state index contributed by atoms with van der Waals surface area (Å²) in [4.78, 5) is 11.3. The third-order valence-corrected chi connectivity index (χ3v) is 7.37. The molecule has 1 fully saturated rings. The molecule has 10 nitrogen and oxygen atoms in total. The van der Waals surface area contributed by atoms with Crippen molar-refractivity contribution in [2.75, 3.05) is 50.2 Å². The highest BCUT2D eigenvalue weighted by molar-refractivity contribution is 7.89. The van der Waals surface area contributed by atoms with Gasteiger partial charge in [0, 0.05) is 36.8 Å². The number of hydrogen-bond donors (Lipinski definition) is 2. The van der Waals surface area contributed by atoms with Crippen LogP contribution >= 0.6 is 0 Å². The molecule has 2 heterocycles. The molecule has 0 radical (unpaired) electrons. The number of para-hydroxylation sites is 1. The van der Waals surface area contributed by atoms with Crippen molar-refractivity contribution in [2.24, 2.45) is 0 Å². The Balaban J connectivity index is 1.64. The van der Waals surface area contributed by atoms with Crippen molar-refractivity contribution in [1.82, 2.24) is 14.7 Å². The summed E-state index contributed by atoms with van der Waals surface area (Å²) in [6.07, 6.45) is 2.69. The van der Waals surface area contributed by atoms with E-state index in [0.717, 1.165) is 36.5 Å². The van der Waals surface area contributed by atoms with Crippen LogP contribution in [0, 0.1) is 11.3 Å². The van der Waals surface area contributed by atoms with E-state index in [1.54, 1.807) is 18.2 Å². The summed E-state index contributed by atoms with van der Waals surface area (Å²) in [6.45, 7) is 5.67. The average Bonchev–Trinajstić information content (AvgIpc) is 2.93. The highest BCUT2D eigenvalue weighted by Gasteiger charge is 2.19. The van der Waals surface area contributed by atoms with Crippen LogP contribution in [0.1, 0.15) is 30.3 Å². The van der Waals surface area contributed by atoms with Gasteiger partial charge in [-0.25, -0.2) is 23.1 Å². The average molecular weight is 523 g/mol. The molecule has 1 aliphatic heterocycles. The van der Waals surface area contributed by atoms with Crippen molar-refractivity contribution in [1.29, 1.82) is 5.26 Å². The Morgan fingerprint density at radius 1 is 1.19 bits per heavy atom. The standard InChI is InChI=1S/C26H30N6O4S/c1-3-12-36-23-16-21(32-10-13-35-14-11-32)9-8-19(23)15-25-29-18-20(17-27)26(31-25)30-22-6-4-5-7-24(22)37(33,34)28-2/h4-9,16,18,28H,3,10-15H2,1-2H3,(H,29,30,31). The molecule has 3 aromatic rings. The lowest BCUT2D eigenvalue weighted by atomic mass is 10.1. The van der Waals surface area contributed by atoms with Gasteiger partial charge in [0.1, 0.15) is 28.1 Å². The zero-order valence-electron chi connectivity index (χ0n) is 20.9. The molecule has 194 valence electrons. The SMILES string of the molecule is CCCOc1cc(N2CCOCC2)ccc1Cc1ncc(C#N)c(Nc2ccccc2S(=O)(=O)NC)n1. The zero-order chi connectivity index (χ0) is 26.3. The number of ether oxygens (including phenoxy) is 2. The van der Waals surface area contributed by atoms with Crippen LogP contribution in [0.25, 0.3) is 0 Å². The molecular formula is C26H30N6O4S. The highest BCUT2D eigenvalue weighted by atomic mass is 32.2. The molecular weight excluding hydrogens is 492 g/mol. The Morgan fingerprint density at radius 3 is 2.70 bits per heavy atom. The van der Waals surface area contributed by atoms with E-state index < -0.39 is 10.0 Å². The van der Waals surface area contributed by atoms with Crippen LogP contribution in [-0.4, -0.2) is 58.3 Å². The molecule has 0 amide bonds. The first-order chi connectivity index (χ1) is 17.9. The molecule has 2 N–H and O–H groups in total. The molecule has 1 saturated heterocycles. The fourth-order valence-corrected chi connectivity index (χ4v) is 4.83. The first-order valence-electron chi connectivity index (χ1n) is 12.1.